The van der Waals surface area contributed by atoms with E-state index in [9.17, 15) is 0 Å². The fourth-order valence-electron chi connectivity index (χ4n) is 1.13. The van der Waals surface area contributed by atoms with E-state index in [4.69, 9.17) is 0 Å². The molecule has 0 aliphatic carbocycles. The van der Waals surface area contributed by atoms with Crippen molar-refractivity contribution in [2.75, 3.05) is 26.7 Å². The summed E-state index contributed by atoms with van der Waals surface area (Å²) in [4.78, 5) is 0. The third-order valence-corrected chi connectivity index (χ3v) is 1.88. The molecule has 0 aromatic rings. The summed E-state index contributed by atoms with van der Waals surface area (Å²) in [7, 11) is 2.14. The maximum absolute atomic E-state index is 2.38. The molecule has 0 aromatic carbocycles. The van der Waals surface area contributed by atoms with Gasteiger partial charge in [0.2, 0.25) is 0 Å². The highest BCUT2D eigenvalue weighted by molar-refractivity contribution is 4.53. The summed E-state index contributed by atoms with van der Waals surface area (Å²) in [6.45, 7) is 12.3. The highest BCUT2D eigenvalue weighted by atomic mass is 15.6. The standard InChI is InChI=1S/C9H22N2/c1-6-10(5)11(7-2)8-9(3)4/h9H,6-8H2,1-5H3. The SMILES string of the molecule is CCN(C)N(CC)CC(C)C. The first-order valence-electron chi connectivity index (χ1n) is 4.57. The molecule has 0 radical (unpaired) electrons. The number of rotatable bonds is 5. The molecule has 68 valence electrons. The molecule has 0 amide bonds. The quantitative estimate of drug-likeness (QED) is 0.563. The van der Waals surface area contributed by atoms with Crippen LogP contribution in [0.25, 0.3) is 0 Å². The number of nitrogens with zero attached hydrogens (tertiary/aromatic N) is 2. The molecule has 0 rings (SSSR count). The van der Waals surface area contributed by atoms with E-state index in [0.717, 1.165) is 19.0 Å². The molecule has 0 aromatic heterocycles. The highest BCUT2D eigenvalue weighted by Gasteiger charge is 2.07. The molecule has 0 unspecified atom stereocenters. The van der Waals surface area contributed by atoms with Crippen LogP contribution < -0.4 is 0 Å². The van der Waals surface area contributed by atoms with Gasteiger partial charge in [0.15, 0.2) is 0 Å². The fraction of sp³-hybridized carbons (Fsp3) is 1.00. The van der Waals surface area contributed by atoms with Crippen molar-refractivity contribution in [3.05, 3.63) is 0 Å². The van der Waals surface area contributed by atoms with Crippen LogP contribution in [0.4, 0.5) is 0 Å². The Hall–Kier alpha value is -0.0800. The summed E-state index contributed by atoms with van der Waals surface area (Å²) in [6.07, 6.45) is 0. The summed E-state index contributed by atoms with van der Waals surface area (Å²) < 4.78 is 0. The van der Waals surface area contributed by atoms with Crippen molar-refractivity contribution in [1.82, 2.24) is 10.0 Å². The van der Waals surface area contributed by atoms with Crippen LogP contribution in [-0.4, -0.2) is 36.7 Å². The molecule has 2 nitrogen and oxygen atoms in total. The van der Waals surface area contributed by atoms with E-state index in [-0.39, 0.29) is 0 Å². The first-order valence-corrected chi connectivity index (χ1v) is 4.57. The van der Waals surface area contributed by atoms with Gasteiger partial charge >= 0.3 is 0 Å². The zero-order valence-corrected chi connectivity index (χ0v) is 8.59. The molecule has 0 atom stereocenters. The Bertz CT molecular complexity index is 91.6. The van der Waals surface area contributed by atoms with Crippen LogP contribution in [-0.2, 0) is 0 Å². The van der Waals surface area contributed by atoms with Gasteiger partial charge in [-0.25, -0.2) is 10.0 Å². The van der Waals surface area contributed by atoms with Crippen LogP contribution in [0.2, 0.25) is 0 Å². The van der Waals surface area contributed by atoms with Gasteiger partial charge in [0.05, 0.1) is 0 Å². The van der Waals surface area contributed by atoms with E-state index in [1.165, 1.54) is 6.54 Å². The van der Waals surface area contributed by atoms with Gasteiger partial charge in [0.1, 0.15) is 0 Å². The normalized spacial score (nSPS) is 12.0. The van der Waals surface area contributed by atoms with Crippen LogP contribution in [0.5, 0.6) is 0 Å². The zero-order chi connectivity index (χ0) is 8.85. The van der Waals surface area contributed by atoms with Crippen LogP contribution in [0.1, 0.15) is 27.7 Å². The lowest BCUT2D eigenvalue weighted by Gasteiger charge is -2.31. The van der Waals surface area contributed by atoms with E-state index >= 15 is 0 Å². The Kier molecular flexibility index (Phi) is 5.51. The first-order chi connectivity index (χ1) is 5.11. The van der Waals surface area contributed by atoms with E-state index in [0.29, 0.717) is 0 Å². The lowest BCUT2D eigenvalue weighted by molar-refractivity contribution is -0.000564. The molecule has 0 saturated carbocycles. The Labute approximate surface area is 71.1 Å². The van der Waals surface area contributed by atoms with Gasteiger partial charge in [0, 0.05) is 26.7 Å². The van der Waals surface area contributed by atoms with E-state index < -0.39 is 0 Å². The second-order valence-corrected chi connectivity index (χ2v) is 3.37. The Morgan fingerprint density at radius 3 is 1.91 bits per heavy atom. The summed E-state index contributed by atoms with van der Waals surface area (Å²) in [5.74, 6) is 0.754. The Balaban J connectivity index is 3.74. The van der Waals surface area contributed by atoms with Crippen molar-refractivity contribution < 1.29 is 0 Å². The van der Waals surface area contributed by atoms with Crippen molar-refractivity contribution >= 4 is 0 Å². The molecule has 11 heavy (non-hydrogen) atoms. The molecule has 0 spiro atoms. The Morgan fingerprint density at radius 2 is 1.64 bits per heavy atom. The topological polar surface area (TPSA) is 6.48 Å². The second kappa shape index (κ2) is 5.56. The van der Waals surface area contributed by atoms with E-state index in [1.54, 1.807) is 0 Å². The molecule has 0 aliphatic heterocycles. The lowest BCUT2D eigenvalue weighted by atomic mass is 10.2. The van der Waals surface area contributed by atoms with Gasteiger partial charge < -0.3 is 0 Å². The second-order valence-electron chi connectivity index (χ2n) is 3.37. The van der Waals surface area contributed by atoms with Crippen LogP contribution in [0.3, 0.4) is 0 Å². The summed E-state index contributed by atoms with van der Waals surface area (Å²) in [5.41, 5.74) is 0. The molecular weight excluding hydrogens is 136 g/mol. The largest absolute Gasteiger partial charge is 0.245 e. The predicted octanol–water partition coefficient (Wildman–Crippen LogP) is 1.83. The average Bonchev–Trinajstić information content (AvgIpc) is 1.98. The average molecular weight is 158 g/mol. The zero-order valence-electron chi connectivity index (χ0n) is 8.59. The highest BCUT2D eigenvalue weighted by Crippen LogP contribution is 2.00. The summed E-state index contributed by atoms with van der Waals surface area (Å²) >= 11 is 0. The van der Waals surface area contributed by atoms with E-state index in [1.807, 2.05) is 0 Å². The predicted molar refractivity (Wildman–Crippen MR) is 50.4 cm³/mol. The molecule has 0 fully saturated rings. The van der Waals surface area contributed by atoms with Crippen molar-refractivity contribution in [3.63, 3.8) is 0 Å². The Morgan fingerprint density at radius 1 is 1.09 bits per heavy atom. The van der Waals surface area contributed by atoms with Gasteiger partial charge in [0.25, 0.3) is 0 Å². The van der Waals surface area contributed by atoms with Gasteiger partial charge in [-0.2, -0.15) is 0 Å². The number of hydrazine groups is 1. The minimum absolute atomic E-state index is 0.754. The van der Waals surface area contributed by atoms with Gasteiger partial charge in [-0.3, -0.25) is 0 Å². The van der Waals surface area contributed by atoms with Crippen LogP contribution in [0.15, 0.2) is 0 Å². The fourth-order valence-corrected chi connectivity index (χ4v) is 1.13. The van der Waals surface area contributed by atoms with Crippen molar-refractivity contribution in [1.29, 1.82) is 0 Å². The molecule has 0 N–H and O–H groups in total. The van der Waals surface area contributed by atoms with Gasteiger partial charge in [-0.15, -0.1) is 0 Å². The van der Waals surface area contributed by atoms with E-state index in [2.05, 4.69) is 44.8 Å². The van der Waals surface area contributed by atoms with Gasteiger partial charge in [-0.05, 0) is 5.92 Å². The van der Waals surface area contributed by atoms with Crippen LogP contribution >= 0.6 is 0 Å². The molecule has 0 aliphatic rings. The summed E-state index contributed by atoms with van der Waals surface area (Å²) in [6, 6.07) is 0. The number of hydrogen-bond donors (Lipinski definition) is 0. The maximum Gasteiger partial charge on any atom is 0.0156 e. The molecule has 0 heterocycles. The van der Waals surface area contributed by atoms with Crippen LogP contribution in [0, 0.1) is 5.92 Å². The minimum atomic E-state index is 0.754. The smallest absolute Gasteiger partial charge is 0.0156 e. The molecule has 0 bridgehead atoms. The minimum Gasteiger partial charge on any atom is -0.245 e. The summed E-state index contributed by atoms with van der Waals surface area (Å²) in [5, 5.41) is 4.66. The monoisotopic (exact) mass is 158 g/mol. The van der Waals surface area contributed by atoms with Crippen molar-refractivity contribution in [2.24, 2.45) is 5.92 Å². The van der Waals surface area contributed by atoms with Crippen molar-refractivity contribution in [2.45, 2.75) is 27.7 Å². The number of hydrogen-bond acceptors (Lipinski definition) is 2. The lowest BCUT2D eigenvalue weighted by Crippen LogP contribution is -2.41. The first kappa shape index (κ1) is 10.9. The van der Waals surface area contributed by atoms with Crippen molar-refractivity contribution in [3.8, 4) is 0 Å². The third kappa shape index (κ3) is 4.38. The molecule has 0 saturated heterocycles. The third-order valence-electron chi connectivity index (χ3n) is 1.88. The molecular formula is C9H22N2. The molecule has 2 heteroatoms. The maximum atomic E-state index is 2.38. The van der Waals surface area contributed by atoms with Gasteiger partial charge in [-0.1, -0.05) is 27.7 Å².